The van der Waals surface area contributed by atoms with E-state index in [0.29, 0.717) is 18.6 Å². The van der Waals surface area contributed by atoms with Crippen molar-refractivity contribution < 1.29 is 23.8 Å². The molecule has 0 unspecified atom stereocenters. The number of carbonyl (C=O) groups excluding carboxylic acids is 2. The lowest BCUT2D eigenvalue weighted by molar-refractivity contribution is -0.137. The number of hydrogen-bond acceptors (Lipinski definition) is 5. The normalized spacial score (nSPS) is 9.92. The molecule has 0 N–H and O–H groups in total. The first-order chi connectivity index (χ1) is 12.2. The Morgan fingerprint density at radius 2 is 1.52 bits per heavy atom. The number of carbonyl (C=O) groups is 2. The third-order valence-corrected chi connectivity index (χ3v) is 3.33. The van der Waals surface area contributed by atoms with Crippen molar-refractivity contribution in [3.63, 3.8) is 0 Å². The van der Waals surface area contributed by atoms with Crippen LogP contribution in [0.25, 0.3) is 11.1 Å². The summed E-state index contributed by atoms with van der Waals surface area (Å²) in [6.45, 7) is 3.76. The molecular formula is C20H20O5. The van der Waals surface area contributed by atoms with Gasteiger partial charge in [0.25, 0.3) is 0 Å². The third kappa shape index (κ3) is 6.14. The number of benzene rings is 2. The van der Waals surface area contributed by atoms with E-state index < -0.39 is 12.1 Å². The van der Waals surface area contributed by atoms with Gasteiger partial charge in [-0.2, -0.15) is 0 Å². The maximum Gasteiger partial charge on any atom is 0.513 e. The molecule has 0 aliphatic heterocycles. The Hall–Kier alpha value is -3.08. The number of hydrogen-bond donors (Lipinski definition) is 0. The summed E-state index contributed by atoms with van der Waals surface area (Å²) in [6.07, 6.45) is 1.51. The van der Waals surface area contributed by atoms with Crippen LogP contribution in [0, 0.1) is 0 Å². The zero-order valence-corrected chi connectivity index (χ0v) is 13.9. The lowest BCUT2D eigenvalue weighted by Gasteiger charge is -2.10. The van der Waals surface area contributed by atoms with Crippen LogP contribution in [-0.4, -0.2) is 25.3 Å². The van der Waals surface area contributed by atoms with Gasteiger partial charge in [-0.05, 0) is 24.5 Å². The molecule has 5 heteroatoms. The van der Waals surface area contributed by atoms with E-state index in [1.165, 1.54) is 0 Å². The molecule has 0 bridgehead atoms. The van der Waals surface area contributed by atoms with Gasteiger partial charge in [-0.3, -0.25) is 0 Å². The highest BCUT2D eigenvalue weighted by atomic mass is 16.7. The van der Waals surface area contributed by atoms with Crippen molar-refractivity contribution in [2.75, 3.05) is 13.2 Å². The minimum atomic E-state index is -0.758. The van der Waals surface area contributed by atoms with Crippen molar-refractivity contribution in [1.82, 2.24) is 0 Å². The van der Waals surface area contributed by atoms with Crippen LogP contribution in [0.5, 0.6) is 5.75 Å². The van der Waals surface area contributed by atoms with Gasteiger partial charge in [0.05, 0.1) is 13.2 Å². The van der Waals surface area contributed by atoms with Gasteiger partial charge in [0.15, 0.2) is 0 Å². The number of ether oxygens (including phenoxy) is 3. The van der Waals surface area contributed by atoms with Crippen LogP contribution < -0.4 is 4.74 Å². The van der Waals surface area contributed by atoms with E-state index in [2.05, 4.69) is 6.58 Å². The van der Waals surface area contributed by atoms with Crippen molar-refractivity contribution in [2.45, 2.75) is 12.8 Å². The van der Waals surface area contributed by atoms with Crippen LogP contribution in [0.15, 0.2) is 67.3 Å². The summed E-state index contributed by atoms with van der Waals surface area (Å²) in [5.74, 6) is -0.0172. The zero-order valence-electron chi connectivity index (χ0n) is 13.9. The second-order valence-electron chi connectivity index (χ2n) is 5.14. The van der Waals surface area contributed by atoms with Crippen molar-refractivity contribution >= 4 is 12.1 Å². The van der Waals surface area contributed by atoms with E-state index in [9.17, 15) is 9.59 Å². The summed E-state index contributed by atoms with van der Waals surface area (Å²) in [4.78, 5) is 22.7. The molecule has 0 spiro atoms. The highest BCUT2D eigenvalue weighted by Gasteiger charge is 2.11. The molecule has 2 aromatic carbocycles. The summed E-state index contributed by atoms with van der Waals surface area (Å²) in [5.41, 5.74) is 1.77. The second kappa shape index (κ2) is 9.93. The van der Waals surface area contributed by atoms with Gasteiger partial charge >= 0.3 is 12.1 Å². The van der Waals surface area contributed by atoms with E-state index >= 15 is 0 Å². The number of para-hydroxylation sites is 1. The van der Waals surface area contributed by atoms with Crippen molar-refractivity contribution in [3.05, 3.63) is 67.3 Å². The Morgan fingerprint density at radius 3 is 2.24 bits per heavy atom. The van der Waals surface area contributed by atoms with E-state index in [1.807, 2.05) is 42.5 Å². The quantitative estimate of drug-likeness (QED) is 0.309. The first kappa shape index (κ1) is 18.3. The van der Waals surface area contributed by atoms with Crippen LogP contribution in [0.3, 0.4) is 0 Å². The molecule has 2 aromatic rings. The van der Waals surface area contributed by atoms with Crippen LogP contribution >= 0.6 is 0 Å². The first-order valence-electron chi connectivity index (χ1n) is 7.99. The van der Waals surface area contributed by atoms with Gasteiger partial charge in [0.1, 0.15) is 5.75 Å². The topological polar surface area (TPSA) is 61.8 Å². The molecule has 0 atom stereocenters. The smallest absolute Gasteiger partial charge is 0.463 e. The average molecular weight is 340 g/mol. The lowest BCUT2D eigenvalue weighted by Crippen LogP contribution is -2.12. The Bertz CT molecular complexity index is 709. The van der Waals surface area contributed by atoms with Gasteiger partial charge in [0.2, 0.25) is 0 Å². The van der Waals surface area contributed by atoms with Crippen molar-refractivity contribution in [3.8, 4) is 16.9 Å². The maximum absolute atomic E-state index is 11.8. The Morgan fingerprint density at radius 1 is 0.880 bits per heavy atom. The summed E-state index contributed by atoms with van der Waals surface area (Å²) >= 11 is 0. The van der Waals surface area contributed by atoms with E-state index in [-0.39, 0.29) is 13.2 Å². The second-order valence-corrected chi connectivity index (χ2v) is 5.14. The molecule has 25 heavy (non-hydrogen) atoms. The summed E-state index contributed by atoms with van der Waals surface area (Å²) in [5, 5.41) is 0. The molecule has 0 heterocycles. The summed E-state index contributed by atoms with van der Waals surface area (Å²) in [6, 6.07) is 16.9. The van der Waals surface area contributed by atoms with Crippen molar-refractivity contribution in [2.24, 2.45) is 0 Å². The molecule has 0 amide bonds. The van der Waals surface area contributed by atoms with Gasteiger partial charge < -0.3 is 14.2 Å². The molecule has 0 aliphatic carbocycles. The fourth-order valence-electron chi connectivity index (χ4n) is 2.12. The number of unbranched alkanes of at least 4 members (excludes halogenated alkanes) is 1. The molecule has 0 aliphatic rings. The SMILES string of the molecule is C=CC(=O)OCCCCOC(=O)Oc1ccccc1-c1ccccc1. The van der Waals surface area contributed by atoms with Crippen molar-refractivity contribution in [1.29, 1.82) is 0 Å². The highest BCUT2D eigenvalue weighted by Crippen LogP contribution is 2.29. The summed E-state index contributed by atoms with van der Waals surface area (Å²) < 4.78 is 15.2. The van der Waals surface area contributed by atoms with Gasteiger partial charge in [-0.25, -0.2) is 9.59 Å². The molecule has 0 saturated carbocycles. The van der Waals surface area contributed by atoms with Crippen LogP contribution in [0.4, 0.5) is 4.79 Å². The third-order valence-electron chi connectivity index (χ3n) is 3.33. The zero-order chi connectivity index (χ0) is 17.9. The minimum Gasteiger partial charge on any atom is -0.463 e. The Balaban J connectivity index is 1.80. The first-order valence-corrected chi connectivity index (χ1v) is 7.99. The molecule has 130 valence electrons. The predicted octanol–water partition coefficient (Wildman–Crippen LogP) is 4.38. The van der Waals surface area contributed by atoms with E-state index in [0.717, 1.165) is 17.2 Å². The predicted molar refractivity (Wildman–Crippen MR) is 94.2 cm³/mol. The van der Waals surface area contributed by atoms with Gasteiger partial charge in [-0.15, -0.1) is 0 Å². The average Bonchev–Trinajstić information content (AvgIpc) is 2.65. The lowest BCUT2D eigenvalue weighted by atomic mass is 10.1. The summed E-state index contributed by atoms with van der Waals surface area (Å²) in [7, 11) is 0. The standard InChI is InChI=1S/C20H20O5/c1-2-19(21)23-14-8-9-15-24-20(22)25-18-13-7-6-12-17(18)16-10-4-3-5-11-16/h2-7,10-13H,1,8-9,14-15H2. The minimum absolute atomic E-state index is 0.192. The van der Waals surface area contributed by atoms with Gasteiger partial charge in [0, 0.05) is 11.6 Å². The molecular weight excluding hydrogens is 320 g/mol. The number of rotatable bonds is 8. The van der Waals surface area contributed by atoms with Crippen LogP contribution in [0.2, 0.25) is 0 Å². The fraction of sp³-hybridized carbons (Fsp3) is 0.200. The molecule has 5 nitrogen and oxygen atoms in total. The largest absolute Gasteiger partial charge is 0.513 e. The van der Waals surface area contributed by atoms with Gasteiger partial charge in [-0.1, -0.05) is 55.1 Å². The molecule has 0 aromatic heterocycles. The van der Waals surface area contributed by atoms with E-state index in [1.54, 1.807) is 12.1 Å². The molecule has 0 saturated heterocycles. The number of esters is 1. The maximum atomic E-state index is 11.8. The molecule has 0 fully saturated rings. The highest BCUT2D eigenvalue weighted by molar-refractivity contribution is 5.81. The van der Waals surface area contributed by atoms with E-state index in [4.69, 9.17) is 14.2 Å². The molecule has 2 rings (SSSR count). The Labute approximate surface area is 146 Å². The van der Waals surface area contributed by atoms with Crippen LogP contribution in [0.1, 0.15) is 12.8 Å². The monoisotopic (exact) mass is 340 g/mol. The van der Waals surface area contributed by atoms with Crippen LogP contribution in [-0.2, 0) is 14.3 Å². The molecule has 0 radical (unpaired) electrons. The Kier molecular flexibility index (Phi) is 7.25. The fourth-order valence-corrected chi connectivity index (χ4v) is 2.12.